The Morgan fingerprint density at radius 1 is 1.35 bits per heavy atom. The average molecular weight is 273 g/mol. The van der Waals surface area contributed by atoms with Crippen LogP contribution in [0.2, 0.25) is 0 Å². The second-order valence-corrected chi connectivity index (χ2v) is 5.83. The van der Waals surface area contributed by atoms with Gasteiger partial charge in [0, 0.05) is 19.6 Å². The van der Waals surface area contributed by atoms with Gasteiger partial charge >= 0.3 is 0 Å². The van der Waals surface area contributed by atoms with Crippen molar-refractivity contribution >= 4 is 5.78 Å². The number of nitrogens with one attached hydrogen (secondary N) is 1. The molecule has 0 spiro atoms. The maximum absolute atomic E-state index is 12.4. The molecule has 2 unspecified atom stereocenters. The van der Waals surface area contributed by atoms with Gasteiger partial charge in [0.05, 0.1) is 12.1 Å². The summed E-state index contributed by atoms with van der Waals surface area (Å²) in [5.74, 6) is 0.329. The molecule has 2 heterocycles. The van der Waals surface area contributed by atoms with Gasteiger partial charge in [-0.25, -0.2) is 0 Å². The lowest BCUT2D eigenvalue weighted by molar-refractivity contribution is -0.121. The van der Waals surface area contributed by atoms with Gasteiger partial charge in [0.2, 0.25) is 0 Å². The van der Waals surface area contributed by atoms with Crippen LogP contribution in [0.25, 0.3) is 0 Å². The molecule has 20 heavy (non-hydrogen) atoms. The van der Waals surface area contributed by atoms with Crippen molar-refractivity contribution in [2.75, 3.05) is 13.2 Å². The fourth-order valence-corrected chi connectivity index (χ4v) is 3.31. The highest BCUT2D eigenvalue weighted by Gasteiger charge is 2.25. The van der Waals surface area contributed by atoms with Crippen LogP contribution in [0.4, 0.5) is 0 Å². The van der Waals surface area contributed by atoms with E-state index < -0.39 is 0 Å². The lowest BCUT2D eigenvalue weighted by atomic mass is 9.90. The van der Waals surface area contributed by atoms with Crippen molar-refractivity contribution in [1.82, 2.24) is 5.32 Å². The standard InChI is InChI=1S/C17H23NO2/c19-16(9-3-6-14-7-4-12-20-14)17-15-8-2-1-5-13(15)10-11-18-17/h1-2,5,8,14,17-18H,3-4,6-7,9-12H2. The molecular weight excluding hydrogens is 250 g/mol. The van der Waals surface area contributed by atoms with Crippen LogP contribution in [0.3, 0.4) is 0 Å². The molecule has 2 aliphatic rings. The molecule has 0 bridgehead atoms. The molecule has 1 aromatic rings. The highest BCUT2D eigenvalue weighted by molar-refractivity contribution is 5.86. The Hall–Kier alpha value is -1.19. The van der Waals surface area contributed by atoms with Crippen LogP contribution in [-0.2, 0) is 16.0 Å². The zero-order chi connectivity index (χ0) is 13.8. The highest BCUT2D eigenvalue weighted by Crippen LogP contribution is 2.25. The van der Waals surface area contributed by atoms with Gasteiger partial charge in [-0.2, -0.15) is 0 Å². The summed E-state index contributed by atoms with van der Waals surface area (Å²) in [7, 11) is 0. The molecule has 0 aromatic heterocycles. The molecule has 108 valence electrons. The van der Waals surface area contributed by atoms with Crippen molar-refractivity contribution in [2.45, 2.75) is 50.7 Å². The molecule has 2 atom stereocenters. The second-order valence-electron chi connectivity index (χ2n) is 5.83. The first-order valence-electron chi connectivity index (χ1n) is 7.80. The highest BCUT2D eigenvalue weighted by atomic mass is 16.5. The van der Waals surface area contributed by atoms with E-state index in [1.54, 1.807) is 0 Å². The number of hydrogen-bond donors (Lipinski definition) is 1. The lowest BCUT2D eigenvalue weighted by Gasteiger charge is -2.26. The third-order valence-electron chi connectivity index (χ3n) is 4.40. The Morgan fingerprint density at radius 2 is 2.25 bits per heavy atom. The molecular formula is C17H23NO2. The largest absolute Gasteiger partial charge is 0.378 e. The summed E-state index contributed by atoms with van der Waals surface area (Å²) in [6.07, 6.45) is 6.40. The van der Waals surface area contributed by atoms with Gasteiger partial charge in [-0.15, -0.1) is 0 Å². The zero-order valence-corrected chi connectivity index (χ0v) is 11.9. The maximum Gasteiger partial charge on any atom is 0.154 e. The maximum atomic E-state index is 12.4. The van der Waals surface area contributed by atoms with E-state index in [1.165, 1.54) is 24.0 Å². The van der Waals surface area contributed by atoms with Crippen LogP contribution in [0, 0.1) is 0 Å². The van der Waals surface area contributed by atoms with Crippen molar-refractivity contribution < 1.29 is 9.53 Å². The normalized spacial score (nSPS) is 25.4. The quantitative estimate of drug-likeness (QED) is 0.896. The third-order valence-corrected chi connectivity index (χ3v) is 4.40. The van der Waals surface area contributed by atoms with E-state index in [9.17, 15) is 4.79 Å². The topological polar surface area (TPSA) is 38.3 Å². The number of fused-ring (bicyclic) bond motifs is 1. The van der Waals surface area contributed by atoms with Gasteiger partial charge in [-0.05, 0) is 43.2 Å². The Bertz CT molecular complexity index is 466. The number of carbonyl (C=O) groups excluding carboxylic acids is 1. The van der Waals surface area contributed by atoms with E-state index >= 15 is 0 Å². The van der Waals surface area contributed by atoms with E-state index in [-0.39, 0.29) is 6.04 Å². The molecule has 3 rings (SSSR count). The predicted molar refractivity (Wildman–Crippen MR) is 78.7 cm³/mol. The van der Waals surface area contributed by atoms with Crippen LogP contribution in [0.5, 0.6) is 0 Å². The van der Waals surface area contributed by atoms with Crippen molar-refractivity contribution in [3.8, 4) is 0 Å². The molecule has 0 aliphatic carbocycles. The van der Waals surface area contributed by atoms with E-state index in [0.717, 1.165) is 32.4 Å². The molecule has 0 radical (unpaired) electrons. The van der Waals surface area contributed by atoms with Crippen LogP contribution < -0.4 is 5.32 Å². The summed E-state index contributed by atoms with van der Waals surface area (Å²) >= 11 is 0. The fourth-order valence-electron chi connectivity index (χ4n) is 3.31. The Labute approximate surface area is 120 Å². The number of benzene rings is 1. The van der Waals surface area contributed by atoms with E-state index in [4.69, 9.17) is 4.74 Å². The summed E-state index contributed by atoms with van der Waals surface area (Å²) in [5.41, 5.74) is 2.50. The average Bonchev–Trinajstić information content (AvgIpc) is 3.00. The Morgan fingerprint density at radius 3 is 3.10 bits per heavy atom. The Balaban J connectivity index is 1.55. The fraction of sp³-hybridized carbons (Fsp3) is 0.588. The van der Waals surface area contributed by atoms with Crippen LogP contribution in [0.1, 0.15) is 49.3 Å². The molecule has 3 heteroatoms. The summed E-state index contributed by atoms with van der Waals surface area (Å²) in [6.45, 7) is 1.80. The molecule has 3 nitrogen and oxygen atoms in total. The van der Waals surface area contributed by atoms with Gasteiger partial charge in [0.1, 0.15) is 0 Å². The predicted octanol–water partition coefficient (Wildman–Crippen LogP) is 2.79. The number of hydrogen-bond acceptors (Lipinski definition) is 3. The minimum atomic E-state index is -0.0931. The Kier molecular flexibility index (Phi) is 4.48. The van der Waals surface area contributed by atoms with E-state index in [0.29, 0.717) is 18.3 Å². The van der Waals surface area contributed by atoms with Crippen molar-refractivity contribution in [3.63, 3.8) is 0 Å². The summed E-state index contributed by atoms with van der Waals surface area (Å²) < 4.78 is 5.61. The van der Waals surface area contributed by atoms with Gasteiger partial charge in [0.15, 0.2) is 5.78 Å². The minimum Gasteiger partial charge on any atom is -0.378 e. The first kappa shape index (κ1) is 13.8. The molecule has 0 amide bonds. The van der Waals surface area contributed by atoms with Crippen LogP contribution in [-0.4, -0.2) is 25.0 Å². The zero-order valence-electron chi connectivity index (χ0n) is 11.9. The SMILES string of the molecule is O=C(CCCC1CCCO1)C1NCCc2ccccc21. The molecule has 1 saturated heterocycles. The second kappa shape index (κ2) is 6.51. The molecule has 1 aromatic carbocycles. The first-order valence-corrected chi connectivity index (χ1v) is 7.80. The number of ketones is 1. The lowest BCUT2D eigenvalue weighted by Crippen LogP contribution is -2.35. The molecule has 1 N–H and O–H groups in total. The minimum absolute atomic E-state index is 0.0931. The van der Waals surface area contributed by atoms with Gasteiger partial charge in [-0.3, -0.25) is 4.79 Å². The van der Waals surface area contributed by atoms with Crippen molar-refractivity contribution in [2.24, 2.45) is 0 Å². The van der Waals surface area contributed by atoms with Gasteiger partial charge in [-0.1, -0.05) is 24.3 Å². The number of Topliss-reactive ketones (excluding diaryl/α,β-unsaturated/α-hetero) is 1. The first-order chi connectivity index (χ1) is 9.84. The summed E-state index contributed by atoms with van der Waals surface area (Å²) in [5, 5.41) is 3.37. The van der Waals surface area contributed by atoms with Gasteiger partial charge < -0.3 is 10.1 Å². The monoisotopic (exact) mass is 273 g/mol. The molecule has 0 saturated carbocycles. The van der Waals surface area contributed by atoms with Crippen molar-refractivity contribution in [3.05, 3.63) is 35.4 Å². The number of rotatable bonds is 5. The van der Waals surface area contributed by atoms with E-state index in [2.05, 4.69) is 23.5 Å². The van der Waals surface area contributed by atoms with Gasteiger partial charge in [0.25, 0.3) is 0 Å². The molecule has 1 fully saturated rings. The number of ether oxygens (including phenoxy) is 1. The van der Waals surface area contributed by atoms with Crippen LogP contribution in [0.15, 0.2) is 24.3 Å². The smallest absolute Gasteiger partial charge is 0.154 e. The number of carbonyl (C=O) groups is 1. The summed E-state index contributed by atoms with van der Waals surface area (Å²) in [6, 6.07) is 8.22. The molecule has 2 aliphatic heterocycles. The third kappa shape index (κ3) is 3.10. The van der Waals surface area contributed by atoms with E-state index in [1.807, 2.05) is 6.07 Å². The van der Waals surface area contributed by atoms with Crippen LogP contribution >= 0.6 is 0 Å². The van der Waals surface area contributed by atoms with Crippen molar-refractivity contribution in [1.29, 1.82) is 0 Å². The summed E-state index contributed by atoms with van der Waals surface area (Å²) in [4.78, 5) is 12.4.